The number of aliphatic hydroxyl groups is 2. The molecule has 0 bridgehead atoms. The number of carbonyl (C=O) groups is 3. The van der Waals surface area contributed by atoms with Crippen molar-refractivity contribution in [3.63, 3.8) is 0 Å². The molecule has 1 aliphatic carbocycles. The Morgan fingerprint density at radius 2 is 1.35 bits per heavy atom. The van der Waals surface area contributed by atoms with Crippen molar-refractivity contribution in [2.24, 2.45) is 0 Å². The van der Waals surface area contributed by atoms with Crippen LogP contribution < -0.4 is 15.5 Å². The van der Waals surface area contributed by atoms with Gasteiger partial charge in [-0.3, -0.25) is 14.4 Å². The summed E-state index contributed by atoms with van der Waals surface area (Å²) in [5.74, 6) is -1.40. The normalized spacial score (nSPS) is 18.0. The van der Waals surface area contributed by atoms with Gasteiger partial charge in [0.2, 0.25) is 5.91 Å². The number of benzene rings is 2. The van der Waals surface area contributed by atoms with Crippen LogP contribution in [-0.2, 0) is 19.8 Å². The maximum absolute atomic E-state index is 12.6. The van der Waals surface area contributed by atoms with E-state index in [2.05, 4.69) is 15.5 Å². The summed E-state index contributed by atoms with van der Waals surface area (Å²) in [5, 5.41) is 26.1. The maximum Gasteiger partial charge on any atom is 0.254 e. The molecule has 4 rings (SSSR count). The van der Waals surface area contributed by atoms with Gasteiger partial charge >= 0.3 is 0 Å². The monoisotopic (exact) mass is 508 g/mol. The Hall–Kier alpha value is -3.43. The van der Waals surface area contributed by atoms with Crippen LogP contribution in [0.15, 0.2) is 60.7 Å². The first kappa shape index (κ1) is 26.6. The van der Waals surface area contributed by atoms with Gasteiger partial charge in [-0.15, -0.1) is 0 Å². The molecule has 9 nitrogen and oxygen atoms in total. The van der Waals surface area contributed by atoms with Crippen LogP contribution >= 0.6 is 0 Å². The predicted octanol–water partition coefficient (Wildman–Crippen LogP) is 0.801. The molecule has 0 unspecified atom stereocenters. The number of hydrogen-bond donors (Lipinski definition) is 4. The second kappa shape index (κ2) is 12.2. The third-order valence-electron chi connectivity index (χ3n) is 7.23. The number of piperazine rings is 1. The second-order valence-electron chi connectivity index (χ2n) is 9.74. The highest BCUT2D eigenvalue weighted by Crippen LogP contribution is 2.48. The molecule has 4 N–H and O–H groups in total. The number of para-hydroxylation sites is 1. The molecule has 2 aromatic carbocycles. The lowest BCUT2D eigenvalue weighted by molar-refractivity contribution is -0.153. The zero-order chi connectivity index (χ0) is 26.3. The van der Waals surface area contributed by atoms with Crippen molar-refractivity contribution in [3.8, 4) is 0 Å². The summed E-state index contributed by atoms with van der Waals surface area (Å²) in [6.45, 7) is 2.77. The molecule has 2 fully saturated rings. The number of amides is 3. The lowest BCUT2D eigenvalue weighted by atomic mass is 9.95. The third kappa shape index (κ3) is 6.47. The molecule has 1 heterocycles. The van der Waals surface area contributed by atoms with Gasteiger partial charge in [-0.05, 0) is 43.4 Å². The summed E-state index contributed by atoms with van der Waals surface area (Å²) < 4.78 is 0. The van der Waals surface area contributed by atoms with E-state index in [1.807, 2.05) is 60.7 Å². The Kier molecular flexibility index (Phi) is 8.78. The summed E-state index contributed by atoms with van der Waals surface area (Å²) in [6.07, 6.45) is -0.709. The highest BCUT2D eigenvalue weighted by Gasteiger charge is 2.50. The lowest BCUT2D eigenvalue weighted by Crippen LogP contribution is -2.55. The minimum Gasteiger partial charge on any atom is -0.380 e. The van der Waals surface area contributed by atoms with E-state index in [9.17, 15) is 24.6 Å². The van der Waals surface area contributed by atoms with Crippen molar-refractivity contribution in [1.82, 2.24) is 15.5 Å². The summed E-state index contributed by atoms with van der Waals surface area (Å²) in [4.78, 5) is 41.2. The molecule has 0 spiro atoms. The van der Waals surface area contributed by atoms with Gasteiger partial charge in [-0.2, -0.15) is 0 Å². The highest BCUT2D eigenvalue weighted by molar-refractivity contribution is 5.91. The number of anilines is 1. The fourth-order valence-electron chi connectivity index (χ4n) is 4.76. The van der Waals surface area contributed by atoms with E-state index < -0.39 is 29.4 Å². The van der Waals surface area contributed by atoms with Crippen LogP contribution in [0.1, 0.15) is 31.2 Å². The largest absolute Gasteiger partial charge is 0.380 e. The van der Waals surface area contributed by atoms with Gasteiger partial charge in [0.1, 0.15) is 0 Å². The molecule has 2 atom stereocenters. The van der Waals surface area contributed by atoms with Crippen LogP contribution in [0.25, 0.3) is 0 Å². The van der Waals surface area contributed by atoms with E-state index in [1.165, 1.54) is 4.90 Å². The molecular weight excluding hydrogens is 472 g/mol. The second-order valence-corrected chi connectivity index (χ2v) is 9.74. The van der Waals surface area contributed by atoms with Crippen molar-refractivity contribution in [1.29, 1.82) is 0 Å². The van der Waals surface area contributed by atoms with Crippen molar-refractivity contribution >= 4 is 23.4 Å². The fourth-order valence-corrected chi connectivity index (χ4v) is 4.76. The quantitative estimate of drug-likeness (QED) is 0.333. The fraction of sp³-hybridized carbons (Fsp3) is 0.464. The molecular formula is C28H36N4O5. The molecule has 1 saturated carbocycles. The number of hydrogen-bond acceptors (Lipinski definition) is 6. The number of aliphatic hydroxyl groups excluding tert-OH is 2. The van der Waals surface area contributed by atoms with E-state index >= 15 is 0 Å². The first-order valence-electron chi connectivity index (χ1n) is 13.0. The number of nitrogens with zero attached hydrogens (tertiary/aromatic N) is 2. The Morgan fingerprint density at radius 3 is 1.95 bits per heavy atom. The summed E-state index contributed by atoms with van der Waals surface area (Å²) in [5.41, 5.74) is 1.70. The third-order valence-corrected chi connectivity index (χ3v) is 7.23. The highest BCUT2D eigenvalue weighted by atomic mass is 16.3. The molecule has 37 heavy (non-hydrogen) atoms. The number of carbonyl (C=O) groups excluding carboxylic acids is 3. The SMILES string of the molecule is O=C(NCCCCNC(=O)C1(c2ccccc2)CC1)[C@H](O)[C@@H](O)C(=O)N1CCN(c2ccccc2)CC1. The van der Waals surface area contributed by atoms with E-state index in [4.69, 9.17) is 0 Å². The molecule has 2 aromatic rings. The van der Waals surface area contributed by atoms with Crippen LogP contribution in [0.5, 0.6) is 0 Å². The van der Waals surface area contributed by atoms with Crippen LogP contribution in [0, 0.1) is 0 Å². The van der Waals surface area contributed by atoms with Crippen LogP contribution in [0.3, 0.4) is 0 Å². The standard InChI is InChI=1S/C28H36N4O5/c33-23(24(34)26(36)32-19-17-31(18-20-32)22-11-5-2-6-12-22)25(35)29-15-7-8-16-30-27(37)28(13-14-28)21-9-3-1-4-10-21/h1-6,9-12,23-24,33-34H,7-8,13-20H2,(H,29,35)(H,30,37)/t23-,24-/m1/s1. The van der Waals surface area contributed by atoms with Crippen molar-refractivity contribution in [2.75, 3.05) is 44.2 Å². The minimum absolute atomic E-state index is 0.0318. The molecule has 1 saturated heterocycles. The Bertz CT molecular complexity index is 1050. The average Bonchev–Trinajstić information content (AvgIpc) is 3.77. The van der Waals surface area contributed by atoms with Crippen molar-refractivity contribution in [2.45, 2.75) is 43.3 Å². The lowest BCUT2D eigenvalue weighted by Gasteiger charge is -2.37. The summed E-state index contributed by atoms with van der Waals surface area (Å²) in [6, 6.07) is 19.6. The van der Waals surface area contributed by atoms with Gasteiger partial charge in [0, 0.05) is 45.0 Å². The van der Waals surface area contributed by atoms with Gasteiger partial charge in [0.05, 0.1) is 5.41 Å². The molecule has 9 heteroatoms. The molecule has 0 radical (unpaired) electrons. The first-order valence-corrected chi connectivity index (χ1v) is 13.0. The maximum atomic E-state index is 12.6. The average molecular weight is 509 g/mol. The van der Waals surface area contributed by atoms with E-state index in [1.54, 1.807) is 0 Å². The van der Waals surface area contributed by atoms with E-state index in [-0.39, 0.29) is 12.5 Å². The van der Waals surface area contributed by atoms with E-state index in [0.29, 0.717) is 45.6 Å². The number of unbranched alkanes of at least 4 members (excludes halogenated alkanes) is 1. The predicted molar refractivity (Wildman–Crippen MR) is 140 cm³/mol. The van der Waals surface area contributed by atoms with Crippen molar-refractivity contribution < 1.29 is 24.6 Å². The zero-order valence-corrected chi connectivity index (χ0v) is 21.0. The molecule has 3 amide bonds. The van der Waals surface area contributed by atoms with Crippen LogP contribution in [0.2, 0.25) is 0 Å². The van der Waals surface area contributed by atoms with E-state index in [0.717, 1.165) is 24.1 Å². The van der Waals surface area contributed by atoms with Crippen LogP contribution in [-0.4, -0.2) is 84.3 Å². The first-order chi connectivity index (χ1) is 17.9. The number of rotatable bonds is 11. The number of nitrogens with one attached hydrogen (secondary N) is 2. The zero-order valence-electron chi connectivity index (χ0n) is 21.0. The van der Waals surface area contributed by atoms with Crippen molar-refractivity contribution in [3.05, 3.63) is 66.2 Å². The minimum atomic E-state index is -1.83. The molecule has 1 aliphatic heterocycles. The van der Waals surface area contributed by atoms with Gasteiger partial charge in [0.25, 0.3) is 11.8 Å². The molecule has 2 aliphatic rings. The van der Waals surface area contributed by atoms with Gasteiger partial charge in [-0.25, -0.2) is 0 Å². The van der Waals surface area contributed by atoms with Gasteiger partial charge in [-0.1, -0.05) is 48.5 Å². The van der Waals surface area contributed by atoms with Crippen LogP contribution in [0.4, 0.5) is 5.69 Å². The molecule has 0 aromatic heterocycles. The van der Waals surface area contributed by atoms with Gasteiger partial charge < -0.3 is 30.6 Å². The van der Waals surface area contributed by atoms with Gasteiger partial charge in [0.15, 0.2) is 12.2 Å². The summed E-state index contributed by atoms with van der Waals surface area (Å²) in [7, 11) is 0. The Balaban J connectivity index is 1.11. The smallest absolute Gasteiger partial charge is 0.254 e. The Morgan fingerprint density at radius 1 is 0.784 bits per heavy atom. The topological polar surface area (TPSA) is 122 Å². The molecule has 198 valence electrons. The summed E-state index contributed by atoms with van der Waals surface area (Å²) >= 11 is 0. The Labute approximate surface area is 217 Å².